The van der Waals surface area contributed by atoms with Gasteiger partial charge in [0.1, 0.15) is 5.78 Å². The number of carbonyl (C=O) groups excluding carboxylic acids is 1. The Labute approximate surface area is 93.6 Å². The van der Waals surface area contributed by atoms with Crippen LogP contribution in [0.4, 0.5) is 0 Å². The normalized spacial score (nSPS) is 61.1. The molecule has 8 unspecified atom stereocenters. The Kier molecular flexibility index (Phi) is 1.75. The van der Waals surface area contributed by atoms with Gasteiger partial charge in [-0.1, -0.05) is 0 Å². The number of Topliss-reactive ketones (excluding diaryl/α,β-unsaturated/α-hetero) is 1. The zero-order valence-corrected chi connectivity index (χ0v) is 10.2. The van der Waals surface area contributed by atoms with Crippen molar-refractivity contribution in [3.8, 4) is 0 Å². The molecular weight excluding hydrogens is 203 g/mol. The van der Waals surface area contributed by atoms with Crippen LogP contribution in [-0.2, 0) is 4.79 Å². The van der Waals surface area contributed by atoms with E-state index in [9.17, 15) is 4.79 Å². The van der Waals surface area contributed by atoms with Gasteiger partial charge in [0.25, 0.3) is 0 Å². The molecule has 4 fully saturated rings. The summed E-state index contributed by atoms with van der Waals surface area (Å²) in [5.41, 5.74) is 0.750. The molecule has 4 aliphatic carbocycles. The summed E-state index contributed by atoms with van der Waals surface area (Å²) in [7, 11) is 3.04. The highest BCUT2D eigenvalue weighted by molar-refractivity contribution is 7.17. The molecule has 8 atom stereocenters. The third-order valence-corrected chi connectivity index (χ3v) is 6.50. The molecule has 82 valence electrons. The third kappa shape index (κ3) is 1.11. The predicted molar refractivity (Wildman–Crippen MR) is 62.5 cm³/mol. The molecule has 2 heteroatoms. The van der Waals surface area contributed by atoms with Gasteiger partial charge < -0.3 is 0 Å². The largest absolute Gasteiger partial charge is 0.299 e. The van der Waals surface area contributed by atoms with E-state index in [1.54, 1.807) is 0 Å². The van der Waals surface area contributed by atoms with Crippen molar-refractivity contribution in [1.29, 1.82) is 0 Å². The van der Waals surface area contributed by atoms with E-state index >= 15 is 0 Å². The highest BCUT2D eigenvalue weighted by atomic mass is 31.0. The molecule has 15 heavy (non-hydrogen) atoms. The Hall–Kier alpha value is 0.100. The van der Waals surface area contributed by atoms with E-state index in [2.05, 4.69) is 9.24 Å². The van der Waals surface area contributed by atoms with Gasteiger partial charge >= 0.3 is 0 Å². The van der Waals surface area contributed by atoms with Crippen LogP contribution in [0.2, 0.25) is 0 Å². The number of hydrogen-bond acceptors (Lipinski definition) is 1. The highest BCUT2D eigenvalue weighted by Gasteiger charge is 2.61. The van der Waals surface area contributed by atoms with Gasteiger partial charge in [0, 0.05) is 12.3 Å². The zero-order valence-electron chi connectivity index (χ0n) is 9.06. The molecule has 0 aromatic rings. The van der Waals surface area contributed by atoms with Crippen molar-refractivity contribution in [2.75, 3.05) is 0 Å². The minimum absolute atomic E-state index is 0.490. The first-order valence-corrected chi connectivity index (χ1v) is 7.20. The summed E-state index contributed by atoms with van der Waals surface area (Å²) in [6.45, 7) is 0. The summed E-state index contributed by atoms with van der Waals surface area (Å²) in [6, 6.07) is 0. The van der Waals surface area contributed by atoms with Gasteiger partial charge in [-0.3, -0.25) is 4.79 Å². The van der Waals surface area contributed by atoms with Crippen molar-refractivity contribution < 1.29 is 4.79 Å². The third-order valence-electron chi connectivity index (χ3n) is 5.72. The van der Waals surface area contributed by atoms with Crippen molar-refractivity contribution in [2.24, 2.45) is 35.5 Å². The van der Waals surface area contributed by atoms with Crippen LogP contribution in [0, 0.1) is 35.5 Å². The number of rotatable bonds is 0. The van der Waals surface area contributed by atoms with Crippen LogP contribution < -0.4 is 0 Å². The van der Waals surface area contributed by atoms with E-state index in [0.717, 1.165) is 48.1 Å². The van der Waals surface area contributed by atoms with E-state index in [-0.39, 0.29) is 0 Å². The van der Waals surface area contributed by atoms with Crippen molar-refractivity contribution in [2.45, 2.75) is 37.8 Å². The van der Waals surface area contributed by atoms with Gasteiger partial charge in [-0.25, -0.2) is 0 Å². The lowest BCUT2D eigenvalue weighted by Crippen LogP contribution is -2.36. The average Bonchev–Trinajstić information content (AvgIpc) is 2.91. The SMILES string of the molecule is O=C1CCC(P)C2C3CC4CC4C(C3)C12. The Morgan fingerprint density at radius 3 is 2.73 bits per heavy atom. The second kappa shape index (κ2) is 2.86. The summed E-state index contributed by atoms with van der Waals surface area (Å²) in [4.78, 5) is 12.1. The van der Waals surface area contributed by atoms with Crippen molar-refractivity contribution in [3.63, 3.8) is 0 Å². The lowest BCUT2D eigenvalue weighted by Gasteiger charge is -2.34. The number of carbonyl (C=O) groups is 1. The molecule has 0 heterocycles. The van der Waals surface area contributed by atoms with E-state index in [1.165, 1.54) is 19.3 Å². The van der Waals surface area contributed by atoms with Crippen molar-refractivity contribution in [3.05, 3.63) is 0 Å². The molecule has 0 N–H and O–H groups in total. The Morgan fingerprint density at radius 1 is 1.07 bits per heavy atom. The first-order chi connectivity index (χ1) is 7.25. The van der Waals surface area contributed by atoms with E-state index in [0.29, 0.717) is 11.7 Å². The molecule has 4 rings (SSSR count). The van der Waals surface area contributed by atoms with Crippen LogP contribution in [0.25, 0.3) is 0 Å². The van der Waals surface area contributed by atoms with Crippen molar-refractivity contribution in [1.82, 2.24) is 0 Å². The topological polar surface area (TPSA) is 17.1 Å². The van der Waals surface area contributed by atoms with Gasteiger partial charge in [0.05, 0.1) is 0 Å². The van der Waals surface area contributed by atoms with Gasteiger partial charge in [0.2, 0.25) is 0 Å². The first-order valence-electron chi connectivity index (χ1n) is 6.54. The van der Waals surface area contributed by atoms with Crippen LogP contribution in [0.5, 0.6) is 0 Å². The van der Waals surface area contributed by atoms with Gasteiger partial charge in [0.15, 0.2) is 0 Å². The van der Waals surface area contributed by atoms with Gasteiger partial charge in [-0.2, -0.15) is 0 Å². The molecule has 4 saturated carbocycles. The number of ketones is 1. The molecule has 0 aromatic carbocycles. The smallest absolute Gasteiger partial charge is 0.136 e. The summed E-state index contributed by atoms with van der Waals surface area (Å²) in [6.07, 6.45) is 6.33. The van der Waals surface area contributed by atoms with Crippen LogP contribution in [0.3, 0.4) is 0 Å². The van der Waals surface area contributed by atoms with E-state index in [4.69, 9.17) is 0 Å². The Balaban J connectivity index is 1.73. The Morgan fingerprint density at radius 2 is 1.87 bits per heavy atom. The zero-order chi connectivity index (χ0) is 10.2. The fourth-order valence-electron chi connectivity index (χ4n) is 5.12. The lowest BCUT2D eigenvalue weighted by atomic mass is 9.74. The molecule has 0 amide bonds. The molecule has 0 aromatic heterocycles. The van der Waals surface area contributed by atoms with E-state index < -0.39 is 0 Å². The quantitative estimate of drug-likeness (QED) is 0.575. The second-order valence-corrected chi connectivity index (χ2v) is 7.18. The second-order valence-electron chi connectivity index (χ2n) is 6.33. The summed E-state index contributed by atoms with van der Waals surface area (Å²) in [5, 5.41) is 0. The molecule has 0 spiro atoms. The summed E-state index contributed by atoms with van der Waals surface area (Å²) < 4.78 is 0. The van der Waals surface area contributed by atoms with Crippen LogP contribution in [0.15, 0.2) is 0 Å². The maximum atomic E-state index is 12.1. The molecule has 0 saturated heterocycles. The fraction of sp³-hybridized carbons (Fsp3) is 0.923. The average molecular weight is 222 g/mol. The Bertz CT molecular complexity index is 326. The van der Waals surface area contributed by atoms with E-state index in [1.807, 2.05) is 0 Å². The standard InChI is InChI=1S/C13H19OP/c14-10-1-2-11(15)12-7-3-6-4-8(6)9(5-7)13(10)12/h6-9,11-13H,1-5,15H2. The number of hydrogen-bond donors (Lipinski definition) is 0. The van der Waals surface area contributed by atoms with Crippen LogP contribution in [0.1, 0.15) is 32.1 Å². The number of fused-ring (bicyclic) bond motifs is 7. The minimum atomic E-state index is 0.490. The molecule has 4 aliphatic rings. The van der Waals surface area contributed by atoms with Crippen LogP contribution in [-0.4, -0.2) is 11.4 Å². The van der Waals surface area contributed by atoms with Gasteiger partial charge in [-0.15, -0.1) is 9.24 Å². The highest BCUT2D eigenvalue weighted by Crippen LogP contribution is 2.66. The maximum absolute atomic E-state index is 12.1. The molecule has 1 nitrogen and oxygen atoms in total. The first kappa shape index (κ1) is 9.16. The monoisotopic (exact) mass is 222 g/mol. The molecular formula is C13H19OP. The van der Waals surface area contributed by atoms with Gasteiger partial charge in [-0.05, 0) is 60.9 Å². The fourth-order valence-corrected chi connectivity index (χ4v) is 5.84. The summed E-state index contributed by atoms with van der Waals surface area (Å²) in [5.74, 6) is 5.60. The molecule has 0 radical (unpaired) electrons. The molecule has 2 bridgehead atoms. The molecule has 0 aliphatic heterocycles. The lowest BCUT2D eigenvalue weighted by molar-refractivity contribution is -0.127. The predicted octanol–water partition coefficient (Wildman–Crippen LogP) is 2.50. The summed E-state index contributed by atoms with van der Waals surface area (Å²) >= 11 is 0. The van der Waals surface area contributed by atoms with Crippen molar-refractivity contribution >= 4 is 15.0 Å². The van der Waals surface area contributed by atoms with Crippen LogP contribution >= 0.6 is 9.24 Å². The minimum Gasteiger partial charge on any atom is -0.299 e. The maximum Gasteiger partial charge on any atom is 0.136 e.